The van der Waals surface area contributed by atoms with Crippen molar-refractivity contribution in [3.8, 4) is 5.75 Å². The maximum atomic E-state index is 12.3. The Balaban J connectivity index is 3.70. The first kappa shape index (κ1) is 17.3. The van der Waals surface area contributed by atoms with Gasteiger partial charge in [0.1, 0.15) is 11.4 Å². The van der Waals surface area contributed by atoms with Gasteiger partial charge in [-0.15, -0.1) is 0 Å². The maximum Gasteiger partial charge on any atom is 0.349 e. The van der Waals surface area contributed by atoms with Crippen molar-refractivity contribution in [1.29, 1.82) is 0 Å². The number of aryl methyl sites for hydroxylation is 1. The fourth-order valence-electron chi connectivity index (χ4n) is 1.80. The molecule has 0 aliphatic rings. The van der Waals surface area contributed by atoms with Gasteiger partial charge >= 0.3 is 5.97 Å². The molecule has 0 fully saturated rings. The van der Waals surface area contributed by atoms with Gasteiger partial charge in [0.05, 0.1) is 17.7 Å². The molecular formula is C13H16N4O5. The van der Waals surface area contributed by atoms with Crippen molar-refractivity contribution < 1.29 is 19.2 Å². The van der Waals surface area contributed by atoms with E-state index < -0.39 is 22.2 Å². The Morgan fingerprint density at radius 2 is 2.05 bits per heavy atom. The number of benzene rings is 1. The van der Waals surface area contributed by atoms with Crippen LogP contribution >= 0.6 is 0 Å². The Morgan fingerprint density at radius 1 is 1.45 bits per heavy atom. The number of ether oxygens (including phenoxy) is 2. The zero-order valence-electron chi connectivity index (χ0n) is 12.9. The molecule has 9 nitrogen and oxygen atoms in total. The molecule has 1 rings (SSSR count). The van der Waals surface area contributed by atoms with Gasteiger partial charge in [0.15, 0.2) is 5.56 Å². The van der Waals surface area contributed by atoms with Crippen molar-refractivity contribution in [2.24, 2.45) is 5.11 Å². The number of esters is 1. The van der Waals surface area contributed by atoms with E-state index in [1.54, 1.807) is 20.8 Å². The molecule has 0 N–H and O–H groups in total. The third-order valence-electron chi connectivity index (χ3n) is 2.57. The molecule has 9 heteroatoms. The maximum absolute atomic E-state index is 12.3. The Kier molecular flexibility index (Phi) is 4.95. The second kappa shape index (κ2) is 6.31. The number of rotatable bonds is 4. The molecular weight excluding hydrogens is 292 g/mol. The Labute approximate surface area is 126 Å². The van der Waals surface area contributed by atoms with Crippen LogP contribution in [0.1, 0.15) is 36.7 Å². The van der Waals surface area contributed by atoms with E-state index in [4.69, 9.17) is 15.0 Å². The Hall–Kier alpha value is -2.80. The third-order valence-corrected chi connectivity index (χ3v) is 2.57. The molecule has 0 atom stereocenters. The number of hydrogen-bond acceptors (Lipinski definition) is 6. The van der Waals surface area contributed by atoms with Crippen LogP contribution in [0, 0.1) is 17.0 Å². The minimum absolute atomic E-state index is 0.0106. The molecule has 0 saturated carbocycles. The first-order chi connectivity index (χ1) is 10.1. The van der Waals surface area contributed by atoms with Crippen LogP contribution in [0.4, 0.5) is 11.4 Å². The summed E-state index contributed by atoms with van der Waals surface area (Å²) in [5, 5.41) is 14.7. The van der Waals surface area contributed by atoms with E-state index in [1.807, 2.05) is 0 Å². The smallest absolute Gasteiger partial charge is 0.349 e. The average molecular weight is 308 g/mol. The van der Waals surface area contributed by atoms with E-state index in [2.05, 4.69) is 10.0 Å². The summed E-state index contributed by atoms with van der Waals surface area (Å²) < 4.78 is 10.2. The molecule has 1 aromatic rings. The Morgan fingerprint density at radius 3 is 2.45 bits per heavy atom. The highest BCUT2D eigenvalue weighted by atomic mass is 16.6. The lowest BCUT2D eigenvalue weighted by molar-refractivity contribution is -0.385. The van der Waals surface area contributed by atoms with Crippen molar-refractivity contribution in [1.82, 2.24) is 0 Å². The van der Waals surface area contributed by atoms with Gasteiger partial charge in [-0.1, -0.05) is 5.11 Å². The van der Waals surface area contributed by atoms with Crippen molar-refractivity contribution in [3.63, 3.8) is 0 Å². The van der Waals surface area contributed by atoms with Gasteiger partial charge < -0.3 is 9.47 Å². The van der Waals surface area contributed by atoms with Crippen molar-refractivity contribution >= 4 is 17.3 Å². The zero-order valence-corrected chi connectivity index (χ0v) is 12.9. The van der Waals surface area contributed by atoms with Crippen LogP contribution in [0.2, 0.25) is 0 Å². The molecule has 0 aliphatic carbocycles. The number of azide groups is 1. The van der Waals surface area contributed by atoms with Crippen LogP contribution in [0.3, 0.4) is 0 Å². The van der Waals surface area contributed by atoms with Crippen molar-refractivity contribution in [2.45, 2.75) is 33.3 Å². The molecule has 0 amide bonds. The number of carbonyl (C=O) groups excluding carboxylic acids is 1. The van der Waals surface area contributed by atoms with Crippen molar-refractivity contribution in [3.05, 3.63) is 37.8 Å². The first-order valence-electron chi connectivity index (χ1n) is 6.26. The summed E-state index contributed by atoms with van der Waals surface area (Å²) in [5.74, 6) is -1.11. The summed E-state index contributed by atoms with van der Waals surface area (Å²) in [5.41, 5.74) is 7.24. The summed E-state index contributed by atoms with van der Waals surface area (Å²) in [6.45, 7) is 6.40. The van der Waals surface area contributed by atoms with Crippen LogP contribution in [-0.2, 0) is 4.74 Å². The molecule has 0 aliphatic heterocycles. The minimum Gasteiger partial charge on any atom is -0.495 e. The molecule has 0 aromatic heterocycles. The highest BCUT2D eigenvalue weighted by Gasteiger charge is 2.32. The van der Waals surface area contributed by atoms with Gasteiger partial charge in [-0.25, -0.2) is 4.79 Å². The van der Waals surface area contributed by atoms with E-state index in [1.165, 1.54) is 14.0 Å². The number of hydrogen-bond donors (Lipinski definition) is 0. The fraction of sp³-hybridized carbons (Fsp3) is 0.462. The number of nitrogens with zero attached hydrogens (tertiary/aromatic N) is 4. The molecule has 22 heavy (non-hydrogen) atoms. The average Bonchev–Trinajstić information content (AvgIpc) is 2.37. The second-order valence-electron chi connectivity index (χ2n) is 5.42. The normalized spacial score (nSPS) is 10.6. The number of nitro groups is 1. The largest absolute Gasteiger partial charge is 0.495 e. The highest BCUT2D eigenvalue weighted by Crippen LogP contribution is 2.41. The van der Waals surface area contributed by atoms with E-state index in [9.17, 15) is 14.9 Å². The van der Waals surface area contributed by atoms with Crippen LogP contribution in [0.25, 0.3) is 10.4 Å². The lowest BCUT2D eigenvalue weighted by Gasteiger charge is -2.21. The van der Waals surface area contributed by atoms with Gasteiger partial charge in [0.2, 0.25) is 0 Å². The summed E-state index contributed by atoms with van der Waals surface area (Å²) in [4.78, 5) is 25.4. The predicted octanol–water partition coefficient (Wildman–Crippen LogP) is 3.81. The molecule has 0 radical (unpaired) electrons. The zero-order chi connectivity index (χ0) is 17.1. The molecule has 0 saturated heterocycles. The number of methoxy groups -OCH3 is 1. The monoisotopic (exact) mass is 308 g/mol. The molecule has 118 valence electrons. The van der Waals surface area contributed by atoms with E-state index in [-0.39, 0.29) is 17.0 Å². The fourth-order valence-corrected chi connectivity index (χ4v) is 1.80. The number of carbonyl (C=O) groups is 1. The van der Waals surface area contributed by atoms with Crippen molar-refractivity contribution in [2.75, 3.05) is 7.11 Å². The highest BCUT2D eigenvalue weighted by molar-refractivity contribution is 5.99. The lowest BCUT2D eigenvalue weighted by Crippen LogP contribution is -2.24. The number of nitro benzene ring substituents is 1. The van der Waals surface area contributed by atoms with Crippen LogP contribution < -0.4 is 4.74 Å². The summed E-state index contributed by atoms with van der Waals surface area (Å²) in [6, 6.07) is 1.14. The molecule has 0 unspecified atom stereocenters. The molecule has 0 bridgehead atoms. The quantitative estimate of drug-likeness (QED) is 0.208. The summed E-state index contributed by atoms with van der Waals surface area (Å²) in [6.07, 6.45) is 0. The topological polar surface area (TPSA) is 127 Å². The lowest BCUT2D eigenvalue weighted by atomic mass is 10.1. The molecule has 1 aromatic carbocycles. The van der Waals surface area contributed by atoms with Crippen LogP contribution in [-0.4, -0.2) is 23.6 Å². The minimum atomic E-state index is -0.926. The summed E-state index contributed by atoms with van der Waals surface area (Å²) >= 11 is 0. The van der Waals surface area contributed by atoms with Gasteiger partial charge in [0, 0.05) is 11.0 Å². The van der Waals surface area contributed by atoms with E-state index in [0.717, 1.165) is 6.07 Å². The molecule has 0 spiro atoms. The van der Waals surface area contributed by atoms with Crippen LogP contribution in [0.15, 0.2) is 11.2 Å². The van der Waals surface area contributed by atoms with Gasteiger partial charge in [0.25, 0.3) is 5.69 Å². The SMILES string of the molecule is COc1c(N=[N+]=[N-])c(C)cc([N+](=O)[O-])c1C(=O)OC(C)(C)C. The van der Waals surface area contributed by atoms with Gasteiger partial charge in [-0.05, 0) is 38.8 Å². The van der Waals surface area contributed by atoms with Gasteiger partial charge in [-0.3, -0.25) is 10.1 Å². The van der Waals surface area contributed by atoms with Gasteiger partial charge in [-0.2, -0.15) is 0 Å². The third kappa shape index (κ3) is 3.64. The standard InChI is InChI=1S/C13H16N4O5/c1-7-6-8(17(19)20)9(12(18)22-13(2,3)4)11(21-5)10(7)15-16-14/h6H,1-5H3. The summed E-state index contributed by atoms with van der Waals surface area (Å²) in [7, 11) is 1.22. The second-order valence-corrected chi connectivity index (χ2v) is 5.42. The molecule has 0 heterocycles. The van der Waals surface area contributed by atoms with E-state index >= 15 is 0 Å². The predicted molar refractivity (Wildman–Crippen MR) is 78.4 cm³/mol. The van der Waals surface area contributed by atoms with E-state index in [0.29, 0.717) is 5.56 Å². The van der Waals surface area contributed by atoms with Crippen LogP contribution in [0.5, 0.6) is 5.75 Å². The first-order valence-corrected chi connectivity index (χ1v) is 6.26. The Bertz CT molecular complexity index is 672.